The third kappa shape index (κ3) is 3.65. The Morgan fingerprint density at radius 3 is 2.74 bits per heavy atom. The Morgan fingerprint density at radius 2 is 2.16 bits per heavy atom. The van der Waals surface area contributed by atoms with Crippen molar-refractivity contribution in [3.63, 3.8) is 0 Å². The number of rotatable bonds is 3. The van der Waals surface area contributed by atoms with E-state index in [1.54, 1.807) is 0 Å². The molecule has 1 atom stereocenters. The zero-order valence-electron chi connectivity index (χ0n) is 10.1. The number of nitrogens with one attached hydrogen (secondary N) is 2. The van der Waals surface area contributed by atoms with Gasteiger partial charge < -0.3 is 16.4 Å². The number of amides is 2. The summed E-state index contributed by atoms with van der Waals surface area (Å²) in [6, 6.07) is 3.32. The zero-order valence-corrected chi connectivity index (χ0v) is 10.9. The molecule has 1 saturated heterocycles. The molecule has 1 aromatic rings. The van der Waals surface area contributed by atoms with Gasteiger partial charge in [0.1, 0.15) is 5.82 Å². The summed E-state index contributed by atoms with van der Waals surface area (Å²) in [5.41, 5.74) is 5.23. The van der Waals surface area contributed by atoms with Crippen molar-refractivity contribution in [2.45, 2.75) is 18.9 Å². The monoisotopic (exact) mass is 287 g/mol. The molecule has 0 radical (unpaired) electrons. The van der Waals surface area contributed by atoms with E-state index in [9.17, 15) is 14.0 Å². The molecule has 0 unspecified atom stereocenters. The number of carbonyl (C=O) groups is 2. The highest BCUT2D eigenvalue weighted by atomic mass is 35.5. The van der Waals surface area contributed by atoms with Crippen LogP contribution >= 0.6 is 12.4 Å². The first kappa shape index (κ1) is 15.4. The minimum atomic E-state index is -0.663. The highest BCUT2D eigenvalue weighted by molar-refractivity contribution is 5.98. The van der Waals surface area contributed by atoms with Crippen molar-refractivity contribution in [1.82, 2.24) is 5.32 Å². The van der Waals surface area contributed by atoms with Gasteiger partial charge in [0.25, 0.3) is 0 Å². The van der Waals surface area contributed by atoms with Crippen LogP contribution in [0.1, 0.15) is 23.2 Å². The lowest BCUT2D eigenvalue weighted by atomic mass is 10.1. The number of hydrogen-bond donors (Lipinski definition) is 3. The van der Waals surface area contributed by atoms with Gasteiger partial charge in [-0.25, -0.2) is 4.39 Å². The fourth-order valence-corrected chi connectivity index (χ4v) is 1.90. The molecule has 4 N–H and O–H groups in total. The van der Waals surface area contributed by atoms with Crippen LogP contribution in [0.5, 0.6) is 0 Å². The first-order chi connectivity index (χ1) is 8.58. The number of nitrogens with two attached hydrogens (primary N) is 1. The highest BCUT2D eigenvalue weighted by Gasteiger charge is 2.22. The van der Waals surface area contributed by atoms with Crippen LogP contribution in [0.15, 0.2) is 18.2 Å². The first-order valence-corrected chi connectivity index (χ1v) is 5.71. The Balaban J connectivity index is 0.00000180. The van der Waals surface area contributed by atoms with Crippen LogP contribution in [0.4, 0.5) is 10.1 Å². The van der Waals surface area contributed by atoms with Crippen LogP contribution < -0.4 is 16.4 Å². The molecule has 0 saturated carbocycles. The molecular weight excluding hydrogens is 273 g/mol. The quantitative estimate of drug-likeness (QED) is 0.776. The van der Waals surface area contributed by atoms with Gasteiger partial charge in [0.2, 0.25) is 11.8 Å². The molecule has 5 nitrogen and oxygen atoms in total. The summed E-state index contributed by atoms with van der Waals surface area (Å²) in [7, 11) is 0. The molecule has 7 heteroatoms. The van der Waals surface area contributed by atoms with Crippen molar-refractivity contribution < 1.29 is 14.0 Å². The average Bonchev–Trinajstić information content (AvgIpc) is 2.85. The number of carbonyl (C=O) groups excluding carboxylic acids is 2. The maximum absolute atomic E-state index is 13.5. The minimum Gasteiger partial charge on any atom is -0.366 e. The second kappa shape index (κ2) is 6.49. The normalized spacial score (nSPS) is 17.6. The summed E-state index contributed by atoms with van der Waals surface area (Å²) >= 11 is 0. The molecule has 2 rings (SSSR count). The Labute approximate surface area is 116 Å². The molecular formula is C12H15ClFN3O2. The zero-order chi connectivity index (χ0) is 13.1. The Bertz CT molecular complexity index is 490. The van der Waals surface area contributed by atoms with Crippen molar-refractivity contribution in [3.05, 3.63) is 29.6 Å². The lowest BCUT2D eigenvalue weighted by molar-refractivity contribution is -0.117. The summed E-state index contributed by atoms with van der Waals surface area (Å²) in [5, 5.41) is 5.47. The van der Waals surface area contributed by atoms with Gasteiger partial charge >= 0.3 is 0 Å². The Kier molecular flexibility index (Phi) is 5.26. The van der Waals surface area contributed by atoms with Crippen LogP contribution in [0, 0.1) is 5.82 Å². The predicted octanol–water partition coefficient (Wildman–Crippen LogP) is 1.04. The number of hydrogen-bond acceptors (Lipinski definition) is 3. The van der Waals surface area contributed by atoms with Crippen molar-refractivity contribution >= 4 is 29.9 Å². The van der Waals surface area contributed by atoms with Gasteiger partial charge in [-0.3, -0.25) is 9.59 Å². The Hall–Kier alpha value is -1.66. The van der Waals surface area contributed by atoms with E-state index in [1.165, 1.54) is 12.1 Å². The molecule has 104 valence electrons. The van der Waals surface area contributed by atoms with E-state index in [4.69, 9.17) is 5.73 Å². The van der Waals surface area contributed by atoms with Crippen LogP contribution in [0.25, 0.3) is 0 Å². The molecule has 1 aromatic carbocycles. The maximum atomic E-state index is 13.5. The van der Waals surface area contributed by atoms with Crippen molar-refractivity contribution in [3.8, 4) is 0 Å². The number of halogens is 2. The van der Waals surface area contributed by atoms with Gasteiger partial charge in [-0.15, -0.1) is 12.4 Å². The molecule has 0 aliphatic carbocycles. The molecule has 19 heavy (non-hydrogen) atoms. The van der Waals surface area contributed by atoms with Crippen LogP contribution in [0.2, 0.25) is 0 Å². The molecule has 0 spiro atoms. The molecule has 1 heterocycles. The fourth-order valence-electron chi connectivity index (χ4n) is 1.90. The van der Waals surface area contributed by atoms with Crippen molar-refractivity contribution in [2.24, 2.45) is 5.73 Å². The summed E-state index contributed by atoms with van der Waals surface area (Å²) in [4.78, 5) is 22.8. The fraction of sp³-hybridized carbons (Fsp3) is 0.333. The number of benzene rings is 1. The van der Waals surface area contributed by atoms with Gasteiger partial charge in [-0.05, 0) is 37.6 Å². The molecule has 0 aromatic heterocycles. The van der Waals surface area contributed by atoms with Gasteiger partial charge in [-0.1, -0.05) is 0 Å². The number of anilines is 1. The Morgan fingerprint density at radius 1 is 1.42 bits per heavy atom. The van der Waals surface area contributed by atoms with Crippen LogP contribution in [-0.2, 0) is 4.79 Å². The van der Waals surface area contributed by atoms with Gasteiger partial charge in [0.15, 0.2) is 0 Å². The largest absolute Gasteiger partial charge is 0.366 e. The molecule has 1 aliphatic heterocycles. The predicted molar refractivity (Wildman–Crippen MR) is 71.8 cm³/mol. The van der Waals surface area contributed by atoms with E-state index >= 15 is 0 Å². The first-order valence-electron chi connectivity index (χ1n) is 5.71. The molecule has 2 amide bonds. The summed E-state index contributed by atoms with van der Waals surface area (Å²) < 4.78 is 13.5. The standard InChI is InChI=1S/C12H14FN3O2.ClH/c13-8-4-3-7(11(14)17)6-10(8)16-12(18)9-2-1-5-15-9;/h3-4,6,9,15H,1-2,5H2,(H2,14,17)(H,16,18);1H/t9-;/m0./s1. The van der Waals surface area contributed by atoms with Gasteiger partial charge in [-0.2, -0.15) is 0 Å². The molecule has 1 aliphatic rings. The van der Waals surface area contributed by atoms with E-state index in [1.807, 2.05) is 0 Å². The minimum absolute atomic E-state index is 0. The highest BCUT2D eigenvalue weighted by Crippen LogP contribution is 2.17. The van der Waals surface area contributed by atoms with E-state index < -0.39 is 11.7 Å². The summed E-state index contributed by atoms with van der Waals surface area (Å²) in [5.74, 6) is -1.55. The van der Waals surface area contributed by atoms with Crippen LogP contribution in [-0.4, -0.2) is 24.4 Å². The van der Waals surface area contributed by atoms with Gasteiger partial charge in [0.05, 0.1) is 11.7 Å². The van der Waals surface area contributed by atoms with Crippen LogP contribution in [0.3, 0.4) is 0 Å². The smallest absolute Gasteiger partial charge is 0.248 e. The topological polar surface area (TPSA) is 84.2 Å². The lowest BCUT2D eigenvalue weighted by Crippen LogP contribution is -2.35. The van der Waals surface area contributed by atoms with Gasteiger partial charge in [0, 0.05) is 5.56 Å². The van der Waals surface area contributed by atoms with E-state index in [0.29, 0.717) is 0 Å². The number of primary amides is 1. The van der Waals surface area contributed by atoms with E-state index in [0.717, 1.165) is 25.5 Å². The van der Waals surface area contributed by atoms with Crippen molar-refractivity contribution in [1.29, 1.82) is 0 Å². The summed E-state index contributed by atoms with van der Waals surface area (Å²) in [6.07, 6.45) is 1.64. The third-order valence-corrected chi connectivity index (χ3v) is 2.89. The lowest BCUT2D eigenvalue weighted by Gasteiger charge is -2.12. The molecule has 0 bridgehead atoms. The average molecular weight is 288 g/mol. The van der Waals surface area contributed by atoms with E-state index in [-0.39, 0.29) is 35.6 Å². The van der Waals surface area contributed by atoms with E-state index in [2.05, 4.69) is 10.6 Å². The maximum Gasteiger partial charge on any atom is 0.248 e. The van der Waals surface area contributed by atoms with Crippen molar-refractivity contribution in [2.75, 3.05) is 11.9 Å². The molecule has 1 fully saturated rings. The summed E-state index contributed by atoms with van der Waals surface area (Å²) in [6.45, 7) is 0.780. The third-order valence-electron chi connectivity index (χ3n) is 2.89. The second-order valence-electron chi connectivity index (χ2n) is 4.20. The SMILES string of the molecule is Cl.NC(=O)c1ccc(F)c(NC(=O)[C@@H]2CCCN2)c1. The second-order valence-corrected chi connectivity index (χ2v) is 4.20.